The minimum Gasteiger partial charge on any atom is -0.872 e. The molecule has 2 aromatic rings. The zero-order valence-electron chi connectivity index (χ0n) is 17.0. The van der Waals surface area contributed by atoms with Crippen LogP contribution in [0.5, 0.6) is 23.0 Å². The number of fused-ring (bicyclic) bond motifs is 1. The van der Waals surface area contributed by atoms with Crippen molar-refractivity contribution in [3.05, 3.63) is 52.3 Å². The summed E-state index contributed by atoms with van der Waals surface area (Å²) in [5, 5.41) is 12.7. The molecular formula is C23H25NO5. The molecule has 6 nitrogen and oxygen atoms in total. The standard InChI is InChI=1S/C23H25NO5/c1-14-11-17(25)16(13-24-9-4-5-10-24)23-20(14)21(26)19(29-23)12-15-7-6-8-18(27-2)22(15)28-3/h6-8,11-12,25H,4-5,9-10,13H2,1-3H3/b19-12-. The smallest absolute Gasteiger partial charge is 0.232 e. The summed E-state index contributed by atoms with van der Waals surface area (Å²) in [6.45, 7) is 4.45. The number of methoxy groups -OCH3 is 2. The van der Waals surface area contributed by atoms with Crippen LogP contribution in [0.3, 0.4) is 0 Å². The number of likely N-dealkylation sites (tertiary alicyclic amines) is 1. The number of nitrogens with one attached hydrogen (secondary N) is 1. The van der Waals surface area contributed by atoms with Gasteiger partial charge in [-0.15, -0.1) is 0 Å². The van der Waals surface area contributed by atoms with Gasteiger partial charge in [-0.3, -0.25) is 4.79 Å². The Hall–Kier alpha value is -2.99. The van der Waals surface area contributed by atoms with Crippen molar-refractivity contribution in [2.24, 2.45) is 0 Å². The molecule has 4 rings (SSSR count). The van der Waals surface area contributed by atoms with Crippen molar-refractivity contribution in [2.45, 2.75) is 26.3 Å². The molecule has 0 amide bonds. The molecule has 0 bridgehead atoms. The first-order valence-corrected chi connectivity index (χ1v) is 9.85. The van der Waals surface area contributed by atoms with Crippen LogP contribution in [-0.2, 0) is 6.54 Å². The first-order chi connectivity index (χ1) is 14.0. The van der Waals surface area contributed by atoms with E-state index in [1.807, 2.05) is 12.1 Å². The molecule has 0 saturated carbocycles. The van der Waals surface area contributed by atoms with Gasteiger partial charge in [0.05, 0.1) is 32.9 Å². The number of hydrogen-bond acceptors (Lipinski definition) is 5. The Morgan fingerprint density at radius 3 is 2.66 bits per heavy atom. The lowest BCUT2D eigenvalue weighted by Crippen LogP contribution is -3.08. The van der Waals surface area contributed by atoms with Crippen molar-refractivity contribution in [1.82, 2.24) is 0 Å². The Bertz CT molecular complexity index is 989. The van der Waals surface area contributed by atoms with E-state index in [0.717, 1.165) is 25.9 Å². The summed E-state index contributed by atoms with van der Waals surface area (Å²) in [5.41, 5.74) is 2.41. The molecule has 0 aliphatic carbocycles. The van der Waals surface area contributed by atoms with Crippen LogP contribution in [0.25, 0.3) is 6.08 Å². The molecule has 2 heterocycles. The molecule has 6 heteroatoms. The van der Waals surface area contributed by atoms with E-state index in [1.54, 1.807) is 39.4 Å². The molecule has 2 aromatic carbocycles. The lowest BCUT2D eigenvalue weighted by Gasteiger charge is -2.21. The number of para-hydroxylation sites is 1. The minimum absolute atomic E-state index is 0.0614. The van der Waals surface area contributed by atoms with Gasteiger partial charge < -0.3 is 24.2 Å². The highest BCUT2D eigenvalue weighted by Crippen LogP contribution is 2.41. The third-order valence-corrected chi connectivity index (χ3v) is 5.66. The molecule has 0 radical (unpaired) electrons. The van der Waals surface area contributed by atoms with Crippen molar-refractivity contribution in [3.8, 4) is 23.0 Å². The first-order valence-electron chi connectivity index (χ1n) is 9.85. The molecule has 2 aliphatic rings. The van der Waals surface area contributed by atoms with Gasteiger partial charge in [-0.05, 0) is 24.6 Å². The molecule has 0 unspecified atom stereocenters. The lowest BCUT2D eigenvalue weighted by atomic mass is 9.99. The average Bonchev–Trinajstić information content (AvgIpc) is 3.33. The number of ether oxygens (including phenoxy) is 3. The number of ketones is 1. The van der Waals surface area contributed by atoms with Crippen molar-refractivity contribution < 1.29 is 29.0 Å². The summed E-state index contributed by atoms with van der Waals surface area (Å²) in [6.07, 6.45) is 3.98. The van der Waals surface area contributed by atoms with Gasteiger partial charge in [0.25, 0.3) is 0 Å². The second-order valence-electron chi connectivity index (χ2n) is 7.53. The molecular weight excluding hydrogens is 370 g/mol. The van der Waals surface area contributed by atoms with E-state index in [4.69, 9.17) is 14.2 Å². The maximum Gasteiger partial charge on any atom is 0.232 e. The van der Waals surface area contributed by atoms with Gasteiger partial charge in [-0.1, -0.05) is 23.9 Å². The highest BCUT2D eigenvalue weighted by atomic mass is 16.5. The highest BCUT2D eigenvalue weighted by molar-refractivity contribution is 6.16. The van der Waals surface area contributed by atoms with Crippen LogP contribution in [0.15, 0.2) is 30.0 Å². The zero-order chi connectivity index (χ0) is 20.5. The summed E-state index contributed by atoms with van der Waals surface area (Å²) in [7, 11) is 3.12. The lowest BCUT2D eigenvalue weighted by molar-refractivity contribution is -0.901. The van der Waals surface area contributed by atoms with E-state index in [9.17, 15) is 9.90 Å². The fourth-order valence-electron chi connectivity index (χ4n) is 4.20. The largest absolute Gasteiger partial charge is 0.872 e. The topological polar surface area (TPSA) is 72.3 Å². The molecule has 29 heavy (non-hydrogen) atoms. The van der Waals surface area contributed by atoms with Crippen LogP contribution in [0.1, 0.15) is 39.9 Å². The Morgan fingerprint density at radius 2 is 1.97 bits per heavy atom. The molecule has 2 aliphatic heterocycles. The Balaban J connectivity index is 1.75. The third-order valence-electron chi connectivity index (χ3n) is 5.66. The van der Waals surface area contributed by atoms with Gasteiger partial charge in [-0.25, -0.2) is 0 Å². The van der Waals surface area contributed by atoms with Gasteiger partial charge in [-0.2, -0.15) is 0 Å². The number of hydrogen-bond donors (Lipinski definition) is 1. The SMILES string of the molecule is COc1cccc(/C=C2\Oc3c(C[NH+]4CCCC4)c([O-])cc(C)c3C2=O)c1OC. The normalized spacial score (nSPS) is 17.5. The number of carbonyl (C=O) groups excluding carboxylic acids is 1. The van der Waals surface area contributed by atoms with E-state index in [0.29, 0.717) is 46.0 Å². The van der Waals surface area contributed by atoms with E-state index in [2.05, 4.69) is 0 Å². The molecule has 0 atom stereocenters. The first kappa shape index (κ1) is 19.3. The van der Waals surface area contributed by atoms with Crippen molar-refractivity contribution in [2.75, 3.05) is 27.3 Å². The summed E-state index contributed by atoms with van der Waals surface area (Å²) < 4.78 is 16.8. The number of rotatable bonds is 5. The number of allylic oxidation sites excluding steroid dienone is 1. The van der Waals surface area contributed by atoms with Crippen LogP contribution in [0.2, 0.25) is 0 Å². The van der Waals surface area contributed by atoms with Crippen LogP contribution in [0, 0.1) is 6.92 Å². The number of quaternary nitrogens is 1. The second-order valence-corrected chi connectivity index (χ2v) is 7.53. The molecule has 1 fully saturated rings. The maximum atomic E-state index is 13.1. The maximum absolute atomic E-state index is 13.1. The van der Waals surface area contributed by atoms with E-state index in [-0.39, 0.29) is 17.3 Å². The van der Waals surface area contributed by atoms with Gasteiger partial charge in [0.15, 0.2) is 17.3 Å². The van der Waals surface area contributed by atoms with Crippen molar-refractivity contribution in [3.63, 3.8) is 0 Å². The number of Topliss-reactive ketones (excluding diaryl/α,β-unsaturated/α-hetero) is 1. The second kappa shape index (κ2) is 7.79. The predicted octanol–water partition coefficient (Wildman–Crippen LogP) is 1.88. The van der Waals surface area contributed by atoms with E-state index < -0.39 is 0 Å². The molecule has 1 N–H and O–H groups in total. The summed E-state index contributed by atoms with van der Waals surface area (Å²) >= 11 is 0. The van der Waals surface area contributed by atoms with Gasteiger partial charge >= 0.3 is 0 Å². The molecule has 1 saturated heterocycles. The van der Waals surface area contributed by atoms with E-state index >= 15 is 0 Å². The van der Waals surface area contributed by atoms with Crippen LogP contribution in [0.4, 0.5) is 0 Å². The highest BCUT2D eigenvalue weighted by Gasteiger charge is 2.33. The fourth-order valence-corrected chi connectivity index (χ4v) is 4.20. The van der Waals surface area contributed by atoms with Crippen molar-refractivity contribution >= 4 is 11.9 Å². The molecule has 0 aromatic heterocycles. The van der Waals surface area contributed by atoms with Gasteiger partial charge in [0.2, 0.25) is 5.78 Å². The van der Waals surface area contributed by atoms with E-state index in [1.165, 1.54) is 4.90 Å². The fraction of sp³-hybridized carbons (Fsp3) is 0.348. The summed E-state index contributed by atoms with van der Waals surface area (Å²) in [4.78, 5) is 14.5. The van der Waals surface area contributed by atoms with Crippen LogP contribution >= 0.6 is 0 Å². The summed E-state index contributed by atoms with van der Waals surface area (Å²) in [5.74, 6) is 1.44. The Kier molecular flexibility index (Phi) is 5.20. The Labute approximate surface area is 170 Å². The van der Waals surface area contributed by atoms with Crippen LogP contribution < -0.4 is 24.2 Å². The third kappa shape index (κ3) is 3.44. The van der Waals surface area contributed by atoms with Gasteiger partial charge in [0.1, 0.15) is 12.3 Å². The predicted molar refractivity (Wildman–Crippen MR) is 107 cm³/mol. The van der Waals surface area contributed by atoms with Crippen molar-refractivity contribution in [1.29, 1.82) is 0 Å². The number of carbonyl (C=O) groups is 1. The van der Waals surface area contributed by atoms with Gasteiger partial charge in [0, 0.05) is 24.0 Å². The molecule has 152 valence electrons. The number of aryl methyl sites for hydroxylation is 1. The quantitative estimate of drug-likeness (QED) is 0.783. The molecule has 0 spiro atoms. The minimum atomic E-state index is -0.208. The number of benzene rings is 2. The van der Waals surface area contributed by atoms with Crippen LogP contribution in [-0.4, -0.2) is 33.1 Å². The Morgan fingerprint density at radius 1 is 1.21 bits per heavy atom. The monoisotopic (exact) mass is 395 g/mol. The average molecular weight is 395 g/mol. The zero-order valence-corrected chi connectivity index (χ0v) is 17.0. The summed E-state index contributed by atoms with van der Waals surface area (Å²) in [6, 6.07) is 7.00.